The molecule has 1 aromatic rings. The van der Waals surface area contributed by atoms with E-state index in [-0.39, 0.29) is 22.8 Å². The van der Waals surface area contributed by atoms with Gasteiger partial charge in [-0.2, -0.15) is 0 Å². The lowest BCUT2D eigenvalue weighted by molar-refractivity contribution is -0.145. The molecule has 1 aromatic carbocycles. The number of nitrogens with one attached hydrogen (secondary N) is 1. The fourth-order valence-corrected chi connectivity index (χ4v) is 4.74. The van der Waals surface area contributed by atoms with Crippen LogP contribution in [-0.2, 0) is 14.3 Å². The van der Waals surface area contributed by atoms with Crippen molar-refractivity contribution in [3.8, 4) is 0 Å². The van der Waals surface area contributed by atoms with Crippen molar-refractivity contribution in [3.05, 3.63) is 41.5 Å². The molecule has 2 aliphatic heterocycles. The molecule has 26 heavy (non-hydrogen) atoms. The van der Waals surface area contributed by atoms with Crippen molar-refractivity contribution in [2.75, 3.05) is 25.4 Å². The Balaban J connectivity index is 1.51. The molecule has 140 valence electrons. The normalized spacial score (nSPS) is 22.1. The topological polar surface area (TPSA) is 58.6 Å². The number of likely N-dealkylation sites (tertiary alicyclic amines) is 1. The maximum absolute atomic E-state index is 12.4. The summed E-state index contributed by atoms with van der Waals surface area (Å²) in [4.78, 5) is 26.1. The molecule has 2 heterocycles. The van der Waals surface area contributed by atoms with Crippen LogP contribution in [0.1, 0.15) is 30.9 Å². The highest BCUT2D eigenvalue weighted by molar-refractivity contribution is 8.01. The molecule has 1 amide bonds. The molecule has 0 bridgehead atoms. The third-order valence-corrected chi connectivity index (χ3v) is 6.49. The second-order valence-corrected chi connectivity index (χ2v) is 8.23. The third-order valence-electron chi connectivity index (χ3n) is 4.91. The second kappa shape index (κ2) is 8.27. The minimum atomic E-state index is -0.233. The highest BCUT2D eigenvalue weighted by Crippen LogP contribution is 2.39. The SMILES string of the molecule is CCOC(=O)[C@@H]1CSC2(CCN(C(=O)/C=C/c3ccc(C)cc3)CC2)N1. The first-order chi connectivity index (χ1) is 12.5. The van der Waals surface area contributed by atoms with Crippen molar-refractivity contribution in [3.63, 3.8) is 0 Å². The van der Waals surface area contributed by atoms with Crippen molar-refractivity contribution < 1.29 is 14.3 Å². The predicted octanol–water partition coefficient (Wildman–Crippen LogP) is 2.60. The van der Waals surface area contributed by atoms with E-state index in [4.69, 9.17) is 4.74 Å². The van der Waals surface area contributed by atoms with Gasteiger partial charge in [0, 0.05) is 24.9 Å². The molecule has 2 saturated heterocycles. The number of benzene rings is 1. The molecule has 0 saturated carbocycles. The number of esters is 1. The van der Waals surface area contributed by atoms with Crippen LogP contribution < -0.4 is 5.32 Å². The Morgan fingerprint density at radius 2 is 2.00 bits per heavy atom. The molecule has 1 N–H and O–H groups in total. The van der Waals surface area contributed by atoms with Gasteiger partial charge in [-0.05, 0) is 38.3 Å². The minimum Gasteiger partial charge on any atom is -0.465 e. The number of thioether (sulfide) groups is 1. The van der Waals surface area contributed by atoms with Crippen molar-refractivity contribution in [1.29, 1.82) is 0 Å². The molecule has 1 spiro atoms. The second-order valence-electron chi connectivity index (χ2n) is 6.82. The van der Waals surface area contributed by atoms with E-state index in [9.17, 15) is 9.59 Å². The fraction of sp³-hybridized carbons (Fsp3) is 0.500. The summed E-state index contributed by atoms with van der Waals surface area (Å²) in [6, 6.07) is 7.87. The van der Waals surface area contributed by atoms with Crippen molar-refractivity contribution in [1.82, 2.24) is 10.2 Å². The first-order valence-electron chi connectivity index (χ1n) is 9.13. The lowest BCUT2D eigenvalue weighted by Gasteiger charge is -2.38. The van der Waals surface area contributed by atoms with E-state index >= 15 is 0 Å². The van der Waals surface area contributed by atoms with E-state index in [0.29, 0.717) is 19.7 Å². The summed E-state index contributed by atoms with van der Waals surface area (Å²) in [6.45, 7) is 5.68. The van der Waals surface area contributed by atoms with Gasteiger partial charge in [0.25, 0.3) is 0 Å². The highest BCUT2D eigenvalue weighted by atomic mass is 32.2. The molecule has 1 atom stereocenters. The van der Waals surface area contributed by atoms with Crippen molar-refractivity contribution in [2.24, 2.45) is 0 Å². The van der Waals surface area contributed by atoms with E-state index in [0.717, 1.165) is 24.2 Å². The zero-order valence-electron chi connectivity index (χ0n) is 15.4. The lowest BCUT2D eigenvalue weighted by atomic mass is 10.0. The van der Waals surface area contributed by atoms with Gasteiger partial charge < -0.3 is 9.64 Å². The summed E-state index contributed by atoms with van der Waals surface area (Å²) in [6.07, 6.45) is 5.21. The Kier molecular flexibility index (Phi) is 6.04. The van der Waals surface area contributed by atoms with E-state index in [1.807, 2.05) is 49.1 Å². The summed E-state index contributed by atoms with van der Waals surface area (Å²) in [5.74, 6) is 0.613. The molecule has 0 aliphatic carbocycles. The Labute approximate surface area is 159 Å². The van der Waals surface area contributed by atoms with Gasteiger partial charge >= 0.3 is 5.97 Å². The molecule has 0 unspecified atom stereocenters. The lowest BCUT2D eigenvalue weighted by Crippen LogP contribution is -2.52. The van der Waals surface area contributed by atoms with Gasteiger partial charge in [-0.25, -0.2) is 0 Å². The molecule has 6 heteroatoms. The molecular weight excluding hydrogens is 348 g/mol. The number of carbonyl (C=O) groups excluding carboxylic acids is 2. The van der Waals surface area contributed by atoms with Gasteiger partial charge in [0.05, 0.1) is 11.5 Å². The van der Waals surface area contributed by atoms with E-state index in [1.165, 1.54) is 5.56 Å². The number of piperidine rings is 1. The average Bonchev–Trinajstić information content (AvgIpc) is 3.06. The summed E-state index contributed by atoms with van der Waals surface area (Å²) in [5, 5.41) is 3.45. The number of hydrogen-bond acceptors (Lipinski definition) is 5. The molecule has 0 radical (unpaired) electrons. The molecule has 0 aromatic heterocycles. The first-order valence-corrected chi connectivity index (χ1v) is 10.1. The smallest absolute Gasteiger partial charge is 0.324 e. The highest BCUT2D eigenvalue weighted by Gasteiger charge is 2.44. The van der Waals surface area contributed by atoms with E-state index < -0.39 is 0 Å². The van der Waals surface area contributed by atoms with E-state index in [2.05, 4.69) is 5.32 Å². The molecular formula is C20H26N2O3S. The number of aryl methyl sites for hydroxylation is 1. The number of amides is 1. The first kappa shape index (κ1) is 19.0. The summed E-state index contributed by atoms with van der Waals surface area (Å²) in [5.41, 5.74) is 2.24. The number of rotatable bonds is 4. The molecule has 5 nitrogen and oxygen atoms in total. The van der Waals surface area contributed by atoms with Crippen LogP contribution in [0, 0.1) is 6.92 Å². The third kappa shape index (κ3) is 4.48. The van der Waals surface area contributed by atoms with Gasteiger partial charge in [0.1, 0.15) is 6.04 Å². The Morgan fingerprint density at radius 3 is 2.65 bits per heavy atom. The Morgan fingerprint density at radius 1 is 1.31 bits per heavy atom. The summed E-state index contributed by atoms with van der Waals surface area (Å²) in [7, 11) is 0. The minimum absolute atomic E-state index is 0.0466. The van der Waals surface area contributed by atoms with Crippen molar-refractivity contribution >= 4 is 29.7 Å². The Hall–Kier alpha value is -1.79. The largest absolute Gasteiger partial charge is 0.465 e. The molecule has 2 fully saturated rings. The van der Waals surface area contributed by atoms with Crippen LogP contribution in [0.5, 0.6) is 0 Å². The fourth-order valence-electron chi connectivity index (χ4n) is 3.34. The number of hydrogen-bond donors (Lipinski definition) is 1. The monoisotopic (exact) mass is 374 g/mol. The van der Waals surface area contributed by atoms with Crippen LogP contribution in [0.25, 0.3) is 6.08 Å². The molecule has 3 rings (SSSR count). The quantitative estimate of drug-likeness (QED) is 0.648. The number of nitrogens with zero attached hydrogens (tertiary/aromatic N) is 1. The van der Waals surface area contributed by atoms with Gasteiger partial charge in [-0.1, -0.05) is 29.8 Å². The number of carbonyl (C=O) groups is 2. The van der Waals surface area contributed by atoms with Crippen LogP contribution in [0.4, 0.5) is 0 Å². The summed E-state index contributed by atoms with van der Waals surface area (Å²) >= 11 is 1.79. The Bertz CT molecular complexity index is 679. The van der Waals surface area contributed by atoms with Gasteiger partial charge in [-0.15, -0.1) is 11.8 Å². The average molecular weight is 375 g/mol. The molecule has 2 aliphatic rings. The van der Waals surface area contributed by atoms with Crippen LogP contribution in [0.3, 0.4) is 0 Å². The predicted molar refractivity (Wildman–Crippen MR) is 105 cm³/mol. The number of ether oxygens (including phenoxy) is 1. The maximum Gasteiger partial charge on any atom is 0.324 e. The maximum atomic E-state index is 12.4. The van der Waals surface area contributed by atoms with Crippen LogP contribution in [-0.4, -0.2) is 53.1 Å². The zero-order chi connectivity index (χ0) is 18.6. The summed E-state index contributed by atoms with van der Waals surface area (Å²) < 4.78 is 5.11. The van der Waals surface area contributed by atoms with Gasteiger partial charge in [0.2, 0.25) is 5.91 Å². The standard InChI is InChI=1S/C20H26N2O3S/c1-3-25-19(24)17-14-26-20(21-17)10-12-22(13-11-20)18(23)9-8-16-6-4-15(2)5-7-16/h4-9,17,21H,3,10-14H2,1-2H3/b9-8+/t17-/m0/s1. The van der Waals surface area contributed by atoms with Gasteiger partial charge in [-0.3, -0.25) is 14.9 Å². The zero-order valence-corrected chi connectivity index (χ0v) is 16.2. The van der Waals surface area contributed by atoms with Gasteiger partial charge in [0.15, 0.2) is 0 Å². The van der Waals surface area contributed by atoms with Crippen molar-refractivity contribution in [2.45, 2.75) is 37.6 Å². The van der Waals surface area contributed by atoms with E-state index in [1.54, 1.807) is 17.8 Å². The van der Waals surface area contributed by atoms with Crippen LogP contribution in [0.2, 0.25) is 0 Å². The van der Waals surface area contributed by atoms with Crippen LogP contribution in [0.15, 0.2) is 30.3 Å². The van der Waals surface area contributed by atoms with Crippen LogP contribution >= 0.6 is 11.8 Å².